The van der Waals surface area contributed by atoms with Crippen LogP contribution in [0.1, 0.15) is 12.0 Å². The third kappa shape index (κ3) is 3.18. The van der Waals surface area contributed by atoms with E-state index >= 15 is 0 Å². The molecule has 0 spiro atoms. The number of rotatable bonds is 4. The average Bonchev–Trinajstić information content (AvgIpc) is 2.82. The van der Waals surface area contributed by atoms with Crippen molar-refractivity contribution in [1.82, 2.24) is 0 Å². The maximum atomic E-state index is 12.5. The number of benzene rings is 2. The van der Waals surface area contributed by atoms with Crippen LogP contribution in [0.4, 0.5) is 5.69 Å². The Balaban J connectivity index is 1.68. The fourth-order valence-corrected chi connectivity index (χ4v) is 3.58. The molecule has 1 fully saturated rings. The summed E-state index contributed by atoms with van der Waals surface area (Å²) in [6, 6.07) is 16.6. The number of anilines is 1. The Kier molecular flexibility index (Phi) is 4.50. The quantitative estimate of drug-likeness (QED) is 0.797. The largest absolute Gasteiger partial charge is 0.274 e. The molecule has 2 amide bonds. The van der Waals surface area contributed by atoms with E-state index in [4.69, 9.17) is 11.6 Å². The molecule has 0 unspecified atom stereocenters. The minimum atomic E-state index is -0.316. The molecule has 0 N–H and O–H groups in total. The summed E-state index contributed by atoms with van der Waals surface area (Å²) >= 11 is 7.35. The second-order valence-corrected chi connectivity index (χ2v) is 6.66. The van der Waals surface area contributed by atoms with Crippen LogP contribution in [-0.4, -0.2) is 17.1 Å². The molecule has 3 rings (SSSR count). The first kappa shape index (κ1) is 15.1. The fraction of sp³-hybridized carbons (Fsp3) is 0.176. The lowest BCUT2D eigenvalue weighted by Crippen LogP contribution is -2.31. The minimum Gasteiger partial charge on any atom is -0.274 e. The number of carbonyl (C=O) groups is 2. The number of nitrogens with zero attached hydrogens (tertiary/aromatic N) is 1. The van der Waals surface area contributed by atoms with Crippen LogP contribution in [0.15, 0.2) is 54.6 Å². The zero-order valence-corrected chi connectivity index (χ0v) is 13.3. The van der Waals surface area contributed by atoms with Crippen molar-refractivity contribution < 1.29 is 9.59 Å². The molecule has 0 radical (unpaired) electrons. The van der Waals surface area contributed by atoms with Gasteiger partial charge in [-0.25, -0.2) is 4.90 Å². The van der Waals surface area contributed by atoms with Crippen LogP contribution in [0.3, 0.4) is 0 Å². The fourth-order valence-electron chi connectivity index (χ4n) is 2.36. The van der Waals surface area contributed by atoms with Crippen molar-refractivity contribution in [2.45, 2.75) is 17.4 Å². The summed E-state index contributed by atoms with van der Waals surface area (Å²) < 4.78 is 0. The maximum absolute atomic E-state index is 12.5. The maximum Gasteiger partial charge on any atom is 0.247 e. The standard InChI is InChI=1S/C17H14ClNO2S/c18-13-8-6-12(7-9-13)11-22-15-10-16(20)19(17(15)21)14-4-2-1-3-5-14/h1-9,15H,10-11H2/t15-/m1/s1. The van der Waals surface area contributed by atoms with Gasteiger partial charge < -0.3 is 0 Å². The van der Waals surface area contributed by atoms with E-state index in [2.05, 4.69) is 0 Å². The summed E-state index contributed by atoms with van der Waals surface area (Å²) in [6.07, 6.45) is 0.256. The second kappa shape index (κ2) is 6.55. The van der Waals surface area contributed by atoms with Gasteiger partial charge in [0.1, 0.15) is 0 Å². The van der Waals surface area contributed by atoms with E-state index in [9.17, 15) is 9.59 Å². The number of imide groups is 1. The molecule has 0 aliphatic carbocycles. The number of hydrogen-bond donors (Lipinski definition) is 0. The summed E-state index contributed by atoms with van der Waals surface area (Å²) in [5, 5.41) is 0.375. The Labute approximate surface area is 138 Å². The summed E-state index contributed by atoms with van der Waals surface area (Å²) in [6.45, 7) is 0. The highest BCUT2D eigenvalue weighted by atomic mass is 35.5. The van der Waals surface area contributed by atoms with Gasteiger partial charge in [0.05, 0.1) is 10.9 Å². The van der Waals surface area contributed by atoms with Gasteiger partial charge in [-0.05, 0) is 29.8 Å². The van der Waals surface area contributed by atoms with Crippen molar-refractivity contribution in [2.75, 3.05) is 4.90 Å². The van der Waals surface area contributed by atoms with Gasteiger partial charge in [-0.2, -0.15) is 0 Å². The molecule has 1 heterocycles. The van der Waals surface area contributed by atoms with Crippen LogP contribution in [0.2, 0.25) is 5.02 Å². The highest BCUT2D eigenvalue weighted by molar-refractivity contribution is 7.99. The van der Waals surface area contributed by atoms with Crippen LogP contribution in [0.5, 0.6) is 0 Å². The summed E-state index contributed by atoms with van der Waals surface area (Å²) in [5.74, 6) is 0.420. The van der Waals surface area contributed by atoms with Crippen molar-refractivity contribution >= 4 is 40.9 Å². The van der Waals surface area contributed by atoms with Gasteiger partial charge in [-0.1, -0.05) is 41.9 Å². The monoisotopic (exact) mass is 331 g/mol. The predicted octanol–water partition coefficient (Wildman–Crippen LogP) is 3.91. The number of halogens is 1. The van der Waals surface area contributed by atoms with Gasteiger partial charge in [0.25, 0.3) is 0 Å². The number of para-hydroxylation sites is 1. The number of carbonyl (C=O) groups excluding carboxylic acids is 2. The topological polar surface area (TPSA) is 37.4 Å². The van der Waals surface area contributed by atoms with E-state index in [1.54, 1.807) is 12.1 Å². The van der Waals surface area contributed by atoms with Crippen LogP contribution in [-0.2, 0) is 15.3 Å². The van der Waals surface area contributed by atoms with E-state index < -0.39 is 0 Å². The summed E-state index contributed by atoms with van der Waals surface area (Å²) in [7, 11) is 0. The summed E-state index contributed by atoms with van der Waals surface area (Å²) in [5.41, 5.74) is 1.74. The predicted molar refractivity (Wildman–Crippen MR) is 90.1 cm³/mol. The van der Waals surface area contributed by atoms with E-state index in [1.807, 2.05) is 42.5 Å². The Morgan fingerprint density at radius 1 is 1.05 bits per heavy atom. The molecule has 5 heteroatoms. The van der Waals surface area contributed by atoms with E-state index in [0.717, 1.165) is 5.56 Å². The minimum absolute atomic E-state index is 0.129. The third-order valence-electron chi connectivity index (χ3n) is 3.48. The van der Waals surface area contributed by atoms with Crippen molar-refractivity contribution in [2.24, 2.45) is 0 Å². The molecule has 1 aliphatic rings. The van der Waals surface area contributed by atoms with Gasteiger partial charge in [0.2, 0.25) is 11.8 Å². The Bertz CT molecular complexity index is 688. The molecule has 1 atom stereocenters. The number of amides is 2. The van der Waals surface area contributed by atoms with Crippen LogP contribution >= 0.6 is 23.4 Å². The van der Waals surface area contributed by atoms with Crippen molar-refractivity contribution in [3.63, 3.8) is 0 Å². The van der Waals surface area contributed by atoms with E-state index in [1.165, 1.54) is 16.7 Å². The van der Waals surface area contributed by atoms with Gasteiger partial charge in [0.15, 0.2) is 0 Å². The molecule has 0 aromatic heterocycles. The first-order valence-corrected chi connectivity index (χ1v) is 8.36. The molecule has 22 heavy (non-hydrogen) atoms. The molecular weight excluding hydrogens is 318 g/mol. The molecule has 1 aliphatic heterocycles. The highest BCUT2D eigenvalue weighted by Gasteiger charge is 2.39. The number of thioether (sulfide) groups is 1. The van der Waals surface area contributed by atoms with Crippen molar-refractivity contribution in [1.29, 1.82) is 0 Å². The van der Waals surface area contributed by atoms with Crippen molar-refractivity contribution in [3.05, 3.63) is 65.2 Å². The first-order chi connectivity index (χ1) is 10.6. The Hall–Kier alpha value is -1.78. The molecule has 0 bridgehead atoms. The van der Waals surface area contributed by atoms with E-state index in [-0.39, 0.29) is 23.5 Å². The molecule has 112 valence electrons. The molecular formula is C17H14ClNO2S. The Morgan fingerprint density at radius 2 is 1.73 bits per heavy atom. The molecule has 0 saturated carbocycles. The zero-order chi connectivity index (χ0) is 15.5. The number of hydrogen-bond acceptors (Lipinski definition) is 3. The van der Waals surface area contributed by atoms with Crippen molar-refractivity contribution in [3.8, 4) is 0 Å². The highest BCUT2D eigenvalue weighted by Crippen LogP contribution is 2.31. The second-order valence-electron chi connectivity index (χ2n) is 5.03. The smallest absolute Gasteiger partial charge is 0.247 e. The van der Waals surface area contributed by atoms with Gasteiger partial charge in [-0.15, -0.1) is 11.8 Å². The van der Waals surface area contributed by atoms with Crippen LogP contribution in [0, 0.1) is 0 Å². The van der Waals surface area contributed by atoms with Gasteiger partial charge in [-0.3, -0.25) is 9.59 Å². The molecule has 2 aromatic carbocycles. The summed E-state index contributed by atoms with van der Waals surface area (Å²) in [4.78, 5) is 25.9. The first-order valence-electron chi connectivity index (χ1n) is 6.93. The third-order valence-corrected chi connectivity index (χ3v) is 5.01. The van der Waals surface area contributed by atoms with Crippen LogP contribution < -0.4 is 4.90 Å². The molecule has 3 nitrogen and oxygen atoms in total. The molecule has 2 aromatic rings. The lowest BCUT2D eigenvalue weighted by Gasteiger charge is -2.14. The average molecular weight is 332 g/mol. The van der Waals surface area contributed by atoms with Gasteiger partial charge in [0, 0.05) is 17.2 Å². The normalized spacial score (nSPS) is 18.0. The Morgan fingerprint density at radius 3 is 2.41 bits per heavy atom. The zero-order valence-electron chi connectivity index (χ0n) is 11.7. The lowest BCUT2D eigenvalue weighted by atomic mass is 10.2. The lowest BCUT2D eigenvalue weighted by molar-refractivity contribution is -0.121. The molecule has 1 saturated heterocycles. The van der Waals surface area contributed by atoms with Gasteiger partial charge >= 0.3 is 0 Å². The SMILES string of the molecule is O=C1C[C@@H](SCc2ccc(Cl)cc2)C(=O)N1c1ccccc1. The van der Waals surface area contributed by atoms with E-state index in [0.29, 0.717) is 16.5 Å². The van der Waals surface area contributed by atoms with Crippen LogP contribution in [0.25, 0.3) is 0 Å².